The Morgan fingerprint density at radius 2 is 2.38 bits per heavy atom. The van der Waals surface area contributed by atoms with Crippen LogP contribution in [0.1, 0.15) is 0 Å². The van der Waals surface area contributed by atoms with Gasteiger partial charge in [-0.3, -0.25) is 0 Å². The molecule has 1 saturated heterocycles. The number of rotatable bonds is 2. The SMILES string of the molecule is [B][C@@H]1O[C@H](CO)[C@H](O)C1(F)C=C=C. The molecule has 0 aromatic heterocycles. The Hall–Kier alpha value is -0.605. The predicted octanol–water partition coefficient (Wildman–Crippen LogP) is -0.718. The third kappa shape index (κ3) is 1.56. The molecule has 1 rings (SSSR count). The van der Waals surface area contributed by atoms with Gasteiger partial charge in [0.05, 0.1) is 12.6 Å². The van der Waals surface area contributed by atoms with Crippen LogP contribution in [-0.2, 0) is 4.74 Å². The molecule has 13 heavy (non-hydrogen) atoms. The largest absolute Gasteiger partial charge is 0.394 e. The summed E-state index contributed by atoms with van der Waals surface area (Å²) in [7, 11) is 5.29. The van der Waals surface area contributed by atoms with Crippen molar-refractivity contribution in [2.75, 3.05) is 6.61 Å². The first-order valence-corrected chi connectivity index (χ1v) is 3.82. The second-order valence-electron chi connectivity index (χ2n) is 2.90. The molecule has 2 N–H and O–H groups in total. The van der Waals surface area contributed by atoms with Gasteiger partial charge in [0.15, 0.2) is 5.67 Å². The summed E-state index contributed by atoms with van der Waals surface area (Å²) in [6.45, 7) is 2.70. The topological polar surface area (TPSA) is 49.7 Å². The zero-order chi connectivity index (χ0) is 10.1. The van der Waals surface area contributed by atoms with Gasteiger partial charge in [0.1, 0.15) is 20.1 Å². The Morgan fingerprint density at radius 1 is 1.77 bits per heavy atom. The number of hydrogen-bond acceptors (Lipinski definition) is 3. The molecule has 0 aromatic rings. The number of aliphatic hydroxyl groups excluding tert-OH is 2. The zero-order valence-corrected chi connectivity index (χ0v) is 6.98. The van der Waals surface area contributed by atoms with E-state index < -0.39 is 30.5 Å². The maximum atomic E-state index is 13.8. The van der Waals surface area contributed by atoms with Crippen LogP contribution in [0.5, 0.6) is 0 Å². The summed E-state index contributed by atoms with van der Waals surface area (Å²) in [4.78, 5) is 0. The van der Waals surface area contributed by atoms with E-state index in [0.29, 0.717) is 0 Å². The molecule has 5 heteroatoms. The molecule has 1 aliphatic rings. The van der Waals surface area contributed by atoms with Crippen LogP contribution in [0.4, 0.5) is 4.39 Å². The van der Waals surface area contributed by atoms with Crippen LogP contribution in [0.15, 0.2) is 18.4 Å². The quantitative estimate of drug-likeness (QED) is 0.440. The lowest BCUT2D eigenvalue weighted by molar-refractivity contribution is -0.00855. The zero-order valence-electron chi connectivity index (χ0n) is 6.98. The summed E-state index contributed by atoms with van der Waals surface area (Å²) < 4.78 is 18.6. The molecule has 70 valence electrons. The maximum absolute atomic E-state index is 13.8. The fourth-order valence-electron chi connectivity index (χ4n) is 1.29. The molecule has 1 unspecified atom stereocenters. The molecule has 0 spiro atoms. The molecule has 0 aromatic carbocycles. The van der Waals surface area contributed by atoms with E-state index >= 15 is 0 Å². The highest BCUT2D eigenvalue weighted by Crippen LogP contribution is 2.34. The highest BCUT2D eigenvalue weighted by molar-refractivity contribution is 6.12. The fraction of sp³-hybridized carbons (Fsp3) is 0.625. The Morgan fingerprint density at radius 3 is 2.77 bits per heavy atom. The first-order chi connectivity index (χ1) is 6.06. The fourth-order valence-corrected chi connectivity index (χ4v) is 1.29. The van der Waals surface area contributed by atoms with Gasteiger partial charge in [-0.1, -0.05) is 6.58 Å². The summed E-state index contributed by atoms with van der Waals surface area (Å²) in [5, 5.41) is 18.1. The van der Waals surface area contributed by atoms with Crippen LogP contribution in [0.25, 0.3) is 0 Å². The maximum Gasteiger partial charge on any atom is 0.182 e. The van der Waals surface area contributed by atoms with Crippen LogP contribution < -0.4 is 0 Å². The minimum absolute atomic E-state index is 0.481. The third-order valence-electron chi connectivity index (χ3n) is 2.07. The number of alkyl halides is 1. The van der Waals surface area contributed by atoms with Gasteiger partial charge in [-0.05, 0) is 6.08 Å². The van der Waals surface area contributed by atoms with Gasteiger partial charge in [-0.2, -0.15) is 0 Å². The summed E-state index contributed by atoms with van der Waals surface area (Å²) in [5.41, 5.74) is -0.00916. The van der Waals surface area contributed by atoms with Gasteiger partial charge < -0.3 is 14.9 Å². The Labute approximate surface area is 76.9 Å². The van der Waals surface area contributed by atoms with Crippen molar-refractivity contribution in [2.24, 2.45) is 0 Å². The van der Waals surface area contributed by atoms with Crippen LogP contribution in [-0.4, -0.2) is 48.5 Å². The van der Waals surface area contributed by atoms with E-state index in [4.69, 9.17) is 17.7 Å². The van der Waals surface area contributed by atoms with Gasteiger partial charge in [-0.15, -0.1) is 5.73 Å². The van der Waals surface area contributed by atoms with Crippen LogP contribution >= 0.6 is 0 Å². The number of halogens is 1. The summed E-state index contributed by atoms with van der Waals surface area (Å²) in [5.74, 6) is 0. The molecule has 0 bridgehead atoms. The smallest absolute Gasteiger partial charge is 0.182 e. The molecule has 0 saturated carbocycles. The lowest BCUT2D eigenvalue weighted by atomic mass is 9.82. The van der Waals surface area contributed by atoms with Crippen molar-refractivity contribution < 1.29 is 19.3 Å². The average Bonchev–Trinajstić information content (AvgIpc) is 2.31. The summed E-state index contributed by atoms with van der Waals surface area (Å²) in [6.07, 6.45) is -1.57. The molecule has 4 atom stereocenters. The normalized spacial score (nSPS) is 44.4. The minimum atomic E-state index is -2.21. The minimum Gasteiger partial charge on any atom is -0.394 e. The van der Waals surface area contributed by atoms with Crippen molar-refractivity contribution in [3.8, 4) is 0 Å². The van der Waals surface area contributed by atoms with Crippen LogP contribution in [0.2, 0.25) is 0 Å². The molecular weight excluding hydrogens is 174 g/mol. The first kappa shape index (κ1) is 10.5. The molecule has 1 fully saturated rings. The Kier molecular flexibility index (Phi) is 2.93. The average molecular weight is 184 g/mol. The molecule has 0 aliphatic carbocycles. The molecule has 2 radical (unpaired) electrons. The second kappa shape index (κ2) is 3.64. The van der Waals surface area contributed by atoms with Crippen molar-refractivity contribution in [1.82, 2.24) is 0 Å². The van der Waals surface area contributed by atoms with E-state index in [0.717, 1.165) is 6.08 Å². The summed E-state index contributed by atoms with van der Waals surface area (Å²) >= 11 is 0. The van der Waals surface area contributed by atoms with Crippen LogP contribution in [0, 0.1) is 0 Å². The van der Waals surface area contributed by atoms with E-state index in [1.165, 1.54) is 0 Å². The second-order valence-corrected chi connectivity index (χ2v) is 2.90. The Bertz CT molecular complexity index is 242. The summed E-state index contributed by atoms with van der Waals surface area (Å²) in [6, 6.07) is -1.30. The number of aliphatic hydroxyl groups is 2. The van der Waals surface area contributed by atoms with Crippen molar-refractivity contribution >= 4 is 7.85 Å². The van der Waals surface area contributed by atoms with Gasteiger partial charge in [0, 0.05) is 0 Å². The van der Waals surface area contributed by atoms with Crippen molar-refractivity contribution in [1.29, 1.82) is 0 Å². The Balaban J connectivity index is 2.91. The standard InChI is InChI=1S/C8H10BFO3/c1-2-3-8(10)6(12)5(4-11)13-7(8)9/h3,5-7,11-12H,1,4H2/t5-,6+,7-,8?/m1/s1. The third-order valence-corrected chi connectivity index (χ3v) is 2.07. The lowest BCUT2D eigenvalue weighted by Crippen LogP contribution is -2.43. The van der Waals surface area contributed by atoms with E-state index in [1.807, 2.05) is 0 Å². The van der Waals surface area contributed by atoms with Gasteiger partial charge in [-0.25, -0.2) is 4.39 Å². The van der Waals surface area contributed by atoms with Crippen molar-refractivity contribution in [3.63, 3.8) is 0 Å². The monoisotopic (exact) mass is 184 g/mol. The van der Waals surface area contributed by atoms with E-state index in [-0.39, 0.29) is 0 Å². The van der Waals surface area contributed by atoms with Crippen molar-refractivity contribution in [3.05, 3.63) is 18.4 Å². The van der Waals surface area contributed by atoms with Gasteiger partial charge in [0.25, 0.3) is 0 Å². The van der Waals surface area contributed by atoms with E-state index in [2.05, 4.69) is 12.3 Å². The van der Waals surface area contributed by atoms with Crippen LogP contribution in [0.3, 0.4) is 0 Å². The van der Waals surface area contributed by atoms with Crippen molar-refractivity contribution in [2.45, 2.75) is 23.9 Å². The van der Waals surface area contributed by atoms with E-state index in [1.54, 1.807) is 0 Å². The van der Waals surface area contributed by atoms with E-state index in [9.17, 15) is 9.50 Å². The molecule has 3 nitrogen and oxygen atoms in total. The number of ether oxygens (including phenoxy) is 1. The van der Waals surface area contributed by atoms with Gasteiger partial charge in [0.2, 0.25) is 0 Å². The molecule has 1 heterocycles. The van der Waals surface area contributed by atoms with Gasteiger partial charge >= 0.3 is 0 Å². The molecular formula is C8H10BFO3. The highest BCUT2D eigenvalue weighted by atomic mass is 19.1. The lowest BCUT2D eigenvalue weighted by Gasteiger charge is -2.21. The molecule has 1 aliphatic heterocycles. The predicted molar refractivity (Wildman–Crippen MR) is 45.1 cm³/mol. The number of hydrogen-bond donors (Lipinski definition) is 2. The first-order valence-electron chi connectivity index (χ1n) is 3.82. The molecule has 0 amide bonds. The highest BCUT2D eigenvalue weighted by Gasteiger charge is 2.52.